The standard InChI is InChI=1S/C26H24Cl2F3N5O4/c1-25(2,23(32)39)33-22(38)19(18-5-3-4-6-20(18)28)13-17(37)14-36-24(40)35(12-11-26(29,30)31)21(34-36)15-7-9-16(27)10-8-15/h3-12,19H,13-14H2,1-2H3,(H2,32,39)(H,33,38)/b12-11+. The van der Waals surface area contributed by atoms with Crippen molar-refractivity contribution < 1.29 is 27.6 Å². The van der Waals surface area contributed by atoms with E-state index in [-0.39, 0.29) is 28.0 Å². The van der Waals surface area contributed by atoms with E-state index in [0.29, 0.717) is 20.5 Å². The maximum absolute atomic E-state index is 13.2. The molecule has 3 N–H and O–H groups in total. The van der Waals surface area contributed by atoms with Gasteiger partial charge in [-0.05, 0) is 49.7 Å². The molecule has 14 heteroatoms. The summed E-state index contributed by atoms with van der Waals surface area (Å²) in [5.41, 5.74) is 3.43. The van der Waals surface area contributed by atoms with Gasteiger partial charge < -0.3 is 11.1 Å². The van der Waals surface area contributed by atoms with Gasteiger partial charge >= 0.3 is 11.9 Å². The molecule has 0 radical (unpaired) electrons. The summed E-state index contributed by atoms with van der Waals surface area (Å²) in [5, 5.41) is 7.09. The van der Waals surface area contributed by atoms with Gasteiger partial charge in [-0.25, -0.2) is 14.0 Å². The summed E-state index contributed by atoms with van der Waals surface area (Å²) in [6.07, 6.45) is -4.83. The maximum atomic E-state index is 13.2. The number of rotatable bonds is 10. The van der Waals surface area contributed by atoms with Gasteiger partial charge in [-0.2, -0.15) is 13.2 Å². The molecule has 3 rings (SSSR count). The molecule has 0 fully saturated rings. The largest absolute Gasteiger partial charge is 0.411 e. The number of alkyl halides is 3. The molecule has 0 aliphatic rings. The number of primary amides is 1. The molecule has 9 nitrogen and oxygen atoms in total. The topological polar surface area (TPSA) is 129 Å². The number of allylic oxidation sites excluding steroid dienone is 1. The monoisotopic (exact) mass is 597 g/mol. The Bertz CT molecular complexity index is 1510. The van der Waals surface area contributed by atoms with E-state index in [1.54, 1.807) is 12.1 Å². The number of carbonyl (C=O) groups excluding carboxylic acids is 3. The van der Waals surface area contributed by atoms with Crippen LogP contribution in [-0.2, 0) is 20.9 Å². The smallest absolute Gasteiger partial charge is 0.368 e. The van der Waals surface area contributed by atoms with Crippen LogP contribution < -0.4 is 16.7 Å². The molecule has 1 aromatic heterocycles. The third-order valence-electron chi connectivity index (χ3n) is 5.79. The van der Waals surface area contributed by atoms with Gasteiger partial charge in [-0.15, -0.1) is 5.10 Å². The van der Waals surface area contributed by atoms with Crippen LogP contribution in [0.2, 0.25) is 10.0 Å². The Morgan fingerprint density at radius 2 is 1.70 bits per heavy atom. The zero-order chi connectivity index (χ0) is 29.8. The van der Waals surface area contributed by atoms with E-state index >= 15 is 0 Å². The van der Waals surface area contributed by atoms with Gasteiger partial charge in [0.1, 0.15) is 12.1 Å². The van der Waals surface area contributed by atoms with Gasteiger partial charge in [0.2, 0.25) is 11.8 Å². The summed E-state index contributed by atoms with van der Waals surface area (Å²) in [4.78, 5) is 51.1. The third-order valence-corrected chi connectivity index (χ3v) is 6.39. The number of nitrogens with two attached hydrogens (primary N) is 1. The summed E-state index contributed by atoms with van der Waals surface area (Å²) in [5.74, 6) is -3.55. The Morgan fingerprint density at radius 3 is 2.27 bits per heavy atom. The predicted octanol–water partition coefficient (Wildman–Crippen LogP) is 4.17. The van der Waals surface area contributed by atoms with E-state index in [1.807, 2.05) is 0 Å². The average Bonchev–Trinajstić information content (AvgIpc) is 3.16. The number of carbonyl (C=O) groups is 3. The summed E-state index contributed by atoms with van der Waals surface area (Å²) < 4.78 is 40.0. The zero-order valence-electron chi connectivity index (χ0n) is 21.2. The second-order valence-corrected chi connectivity index (χ2v) is 10.1. The molecular formula is C26H24Cl2F3N5O4. The first kappa shape index (κ1) is 30.6. The van der Waals surface area contributed by atoms with Gasteiger partial charge in [0, 0.05) is 34.3 Å². The number of benzene rings is 2. The molecule has 0 saturated carbocycles. The van der Waals surface area contributed by atoms with Crippen LogP contribution >= 0.6 is 23.2 Å². The van der Waals surface area contributed by atoms with Gasteiger partial charge in [-0.1, -0.05) is 41.4 Å². The Labute approximate surface area is 236 Å². The minimum Gasteiger partial charge on any atom is -0.368 e. The first-order valence-corrected chi connectivity index (χ1v) is 12.4. The minimum absolute atomic E-state index is 0.139. The fourth-order valence-electron chi connectivity index (χ4n) is 3.63. The number of aromatic nitrogens is 3. The Hall–Kier alpha value is -3.90. The van der Waals surface area contributed by atoms with Crippen LogP contribution in [0.1, 0.15) is 31.7 Å². The van der Waals surface area contributed by atoms with E-state index in [2.05, 4.69) is 10.4 Å². The number of ketones is 1. The first-order chi connectivity index (χ1) is 18.6. The van der Waals surface area contributed by atoms with E-state index < -0.39 is 53.9 Å². The van der Waals surface area contributed by atoms with Crippen molar-refractivity contribution >= 4 is 47.0 Å². The van der Waals surface area contributed by atoms with Crippen molar-refractivity contribution in [2.45, 2.75) is 44.4 Å². The van der Waals surface area contributed by atoms with Crippen LogP contribution in [0.15, 0.2) is 59.4 Å². The highest BCUT2D eigenvalue weighted by atomic mass is 35.5. The number of Topliss-reactive ketones (excluding diaryl/α,β-unsaturated/α-hetero) is 1. The quantitative estimate of drug-likeness (QED) is 0.362. The number of nitrogens with one attached hydrogen (secondary N) is 1. The zero-order valence-corrected chi connectivity index (χ0v) is 22.7. The maximum Gasteiger partial charge on any atom is 0.411 e. The van der Waals surface area contributed by atoms with Crippen molar-refractivity contribution in [3.63, 3.8) is 0 Å². The Balaban J connectivity index is 1.97. The SMILES string of the molecule is CC(C)(NC(=O)C(CC(=O)Cn1nc(-c2ccc(Cl)cc2)n(/C=C/C(F)(F)F)c1=O)c1ccccc1Cl)C(N)=O. The molecule has 0 spiro atoms. The second-order valence-electron chi connectivity index (χ2n) is 9.29. The highest BCUT2D eigenvalue weighted by Gasteiger charge is 2.33. The molecular weight excluding hydrogens is 574 g/mol. The lowest BCUT2D eigenvalue weighted by molar-refractivity contribution is -0.132. The normalized spacial score (nSPS) is 12.9. The molecule has 0 bridgehead atoms. The lowest BCUT2D eigenvalue weighted by Gasteiger charge is -2.26. The second kappa shape index (κ2) is 12.1. The predicted molar refractivity (Wildman–Crippen MR) is 144 cm³/mol. The number of halogens is 5. The van der Waals surface area contributed by atoms with Crippen LogP contribution in [0.25, 0.3) is 17.6 Å². The summed E-state index contributed by atoms with van der Waals surface area (Å²) in [6, 6.07) is 12.1. The highest BCUT2D eigenvalue weighted by molar-refractivity contribution is 6.31. The van der Waals surface area contributed by atoms with E-state index in [9.17, 15) is 32.3 Å². The Kier molecular flexibility index (Phi) is 9.26. The van der Waals surface area contributed by atoms with Crippen molar-refractivity contribution in [2.24, 2.45) is 5.73 Å². The van der Waals surface area contributed by atoms with Crippen LogP contribution in [-0.4, -0.2) is 43.7 Å². The molecule has 1 atom stereocenters. The van der Waals surface area contributed by atoms with Gasteiger partial charge in [0.05, 0.1) is 5.92 Å². The number of amides is 2. The molecule has 40 heavy (non-hydrogen) atoms. The third kappa shape index (κ3) is 7.60. The summed E-state index contributed by atoms with van der Waals surface area (Å²) in [7, 11) is 0. The molecule has 1 heterocycles. The van der Waals surface area contributed by atoms with E-state index in [1.165, 1.54) is 50.2 Å². The molecule has 212 valence electrons. The lowest BCUT2D eigenvalue weighted by Crippen LogP contribution is -2.54. The molecule has 1 unspecified atom stereocenters. The van der Waals surface area contributed by atoms with Crippen LogP contribution in [0.3, 0.4) is 0 Å². The molecule has 0 saturated heterocycles. The fourth-order valence-corrected chi connectivity index (χ4v) is 4.02. The number of hydrogen-bond acceptors (Lipinski definition) is 5. The van der Waals surface area contributed by atoms with Crippen molar-refractivity contribution in [1.29, 1.82) is 0 Å². The molecule has 0 aliphatic heterocycles. The molecule has 2 aromatic carbocycles. The number of nitrogens with zero attached hydrogens (tertiary/aromatic N) is 3. The van der Waals surface area contributed by atoms with Crippen LogP contribution in [0.4, 0.5) is 13.2 Å². The van der Waals surface area contributed by atoms with Gasteiger partial charge in [0.25, 0.3) is 0 Å². The van der Waals surface area contributed by atoms with Crippen molar-refractivity contribution in [3.05, 3.63) is 80.7 Å². The lowest BCUT2D eigenvalue weighted by atomic mass is 9.91. The van der Waals surface area contributed by atoms with E-state index in [4.69, 9.17) is 28.9 Å². The average molecular weight is 598 g/mol. The molecule has 2 amide bonds. The highest BCUT2D eigenvalue weighted by Crippen LogP contribution is 2.29. The molecule has 3 aromatic rings. The summed E-state index contributed by atoms with van der Waals surface area (Å²) in [6.45, 7) is 2.11. The van der Waals surface area contributed by atoms with E-state index in [0.717, 1.165) is 0 Å². The first-order valence-electron chi connectivity index (χ1n) is 11.7. The minimum atomic E-state index is -4.72. The van der Waals surface area contributed by atoms with Crippen molar-refractivity contribution in [3.8, 4) is 11.4 Å². The summed E-state index contributed by atoms with van der Waals surface area (Å²) >= 11 is 12.2. The van der Waals surface area contributed by atoms with Gasteiger partial charge in [-0.3, -0.25) is 14.4 Å². The van der Waals surface area contributed by atoms with Gasteiger partial charge in [0.15, 0.2) is 11.6 Å². The van der Waals surface area contributed by atoms with Crippen molar-refractivity contribution in [2.75, 3.05) is 0 Å². The fraction of sp³-hybridized carbons (Fsp3) is 0.269. The van der Waals surface area contributed by atoms with Crippen LogP contribution in [0.5, 0.6) is 0 Å². The van der Waals surface area contributed by atoms with Crippen LogP contribution in [0, 0.1) is 0 Å². The number of hydrogen-bond donors (Lipinski definition) is 2. The Morgan fingerprint density at radius 1 is 1.07 bits per heavy atom. The molecule has 0 aliphatic carbocycles. The van der Waals surface area contributed by atoms with Crippen molar-refractivity contribution in [1.82, 2.24) is 19.7 Å².